The Hall–Kier alpha value is -3.85. The number of nitrogens with one attached hydrogen (secondary N) is 1. The van der Waals surface area contributed by atoms with Crippen LogP contribution in [0.4, 0.5) is 11.5 Å². The van der Waals surface area contributed by atoms with E-state index in [0.717, 1.165) is 37.7 Å². The van der Waals surface area contributed by atoms with Gasteiger partial charge in [0, 0.05) is 6.61 Å². The summed E-state index contributed by atoms with van der Waals surface area (Å²) in [6.45, 7) is 0.617. The van der Waals surface area contributed by atoms with Gasteiger partial charge in [0.05, 0.1) is 19.2 Å². The van der Waals surface area contributed by atoms with Crippen molar-refractivity contribution >= 4 is 17.4 Å². The van der Waals surface area contributed by atoms with E-state index in [4.69, 9.17) is 15.2 Å². The molecule has 1 aromatic heterocycles. The first-order valence-electron chi connectivity index (χ1n) is 12.3. The number of H-pyrrole nitrogens is 1. The van der Waals surface area contributed by atoms with Gasteiger partial charge in [0.1, 0.15) is 11.6 Å². The van der Waals surface area contributed by atoms with Gasteiger partial charge in [0.2, 0.25) is 0 Å². The third-order valence-corrected chi connectivity index (χ3v) is 6.81. The molecule has 2 heterocycles. The molecule has 0 bridgehead atoms. The highest BCUT2D eigenvalue weighted by Gasteiger charge is 2.29. The van der Waals surface area contributed by atoms with Crippen molar-refractivity contribution in [3.63, 3.8) is 0 Å². The molecule has 2 aliphatic rings. The number of amides is 1. The number of carbonyl (C=O) groups excluding carboxylic acids is 1. The number of nitrogen functional groups attached to an aromatic ring is 1. The molecule has 0 radical (unpaired) electrons. The number of rotatable bonds is 8. The second kappa shape index (κ2) is 10.4. The summed E-state index contributed by atoms with van der Waals surface area (Å²) in [7, 11) is 0. The largest absolute Gasteiger partial charge is 0.484 e. The minimum Gasteiger partial charge on any atom is -0.484 e. The molecule has 0 spiro atoms. The van der Waals surface area contributed by atoms with Crippen molar-refractivity contribution in [1.82, 2.24) is 9.55 Å². The van der Waals surface area contributed by atoms with E-state index in [1.165, 1.54) is 20.6 Å². The molecule has 188 valence electrons. The predicted octanol–water partition coefficient (Wildman–Crippen LogP) is 2.25. The third-order valence-electron chi connectivity index (χ3n) is 6.81. The lowest BCUT2D eigenvalue weighted by molar-refractivity contribution is -0.121. The Bertz CT molecular complexity index is 1360. The normalized spacial score (nSPS) is 16.6. The van der Waals surface area contributed by atoms with Crippen molar-refractivity contribution in [3.8, 4) is 5.75 Å². The van der Waals surface area contributed by atoms with Crippen LogP contribution in [0.1, 0.15) is 36.0 Å². The first-order chi connectivity index (χ1) is 17.5. The second-order valence-corrected chi connectivity index (χ2v) is 9.28. The van der Waals surface area contributed by atoms with E-state index in [9.17, 15) is 14.4 Å². The summed E-state index contributed by atoms with van der Waals surface area (Å²) < 4.78 is 12.8. The molecule has 1 saturated heterocycles. The zero-order chi connectivity index (χ0) is 25.1. The zero-order valence-corrected chi connectivity index (χ0v) is 20.1. The van der Waals surface area contributed by atoms with Gasteiger partial charge in [-0.05, 0) is 60.9 Å². The van der Waals surface area contributed by atoms with Crippen LogP contribution in [0.3, 0.4) is 0 Å². The van der Waals surface area contributed by atoms with Gasteiger partial charge >= 0.3 is 5.69 Å². The average Bonchev–Trinajstić information content (AvgIpc) is 3.57. The molecule has 9 nitrogen and oxygen atoms in total. The maximum absolute atomic E-state index is 13.4. The number of fused-ring (bicyclic) bond motifs is 1. The second-order valence-electron chi connectivity index (χ2n) is 9.28. The van der Waals surface area contributed by atoms with Crippen LogP contribution in [0, 0.1) is 0 Å². The first-order valence-corrected chi connectivity index (χ1v) is 12.3. The summed E-state index contributed by atoms with van der Waals surface area (Å²) in [4.78, 5) is 42.7. The van der Waals surface area contributed by atoms with E-state index in [0.29, 0.717) is 12.4 Å². The lowest BCUT2D eigenvalue weighted by Gasteiger charge is -2.26. The Balaban J connectivity index is 1.44. The number of nitrogens with two attached hydrogens (primary N) is 1. The van der Waals surface area contributed by atoms with Gasteiger partial charge in [-0.15, -0.1) is 0 Å². The number of nitrogens with zero attached hydrogens (tertiary/aromatic N) is 2. The highest BCUT2D eigenvalue weighted by atomic mass is 16.5. The van der Waals surface area contributed by atoms with Crippen LogP contribution in [0.25, 0.3) is 0 Å². The molecule has 0 saturated carbocycles. The fourth-order valence-corrected chi connectivity index (χ4v) is 4.93. The van der Waals surface area contributed by atoms with Crippen molar-refractivity contribution in [2.24, 2.45) is 0 Å². The van der Waals surface area contributed by atoms with Gasteiger partial charge in [-0.25, -0.2) is 4.79 Å². The highest BCUT2D eigenvalue weighted by molar-refractivity contribution is 5.96. The number of aryl methyl sites for hydroxylation is 2. The van der Waals surface area contributed by atoms with Crippen LogP contribution in [-0.2, 0) is 28.9 Å². The number of benzene rings is 2. The zero-order valence-electron chi connectivity index (χ0n) is 20.1. The molecule has 9 heteroatoms. The van der Waals surface area contributed by atoms with Gasteiger partial charge in [0.25, 0.3) is 11.5 Å². The lowest BCUT2D eigenvalue weighted by Crippen LogP contribution is -2.46. The third kappa shape index (κ3) is 5.06. The summed E-state index contributed by atoms with van der Waals surface area (Å²) >= 11 is 0. The van der Waals surface area contributed by atoms with Crippen molar-refractivity contribution in [3.05, 3.63) is 86.1 Å². The molecule has 3 aromatic rings. The minimum absolute atomic E-state index is 0.0661. The fraction of sp³-hybridized carbons (Fsp3) is 0.370. The van der Waals surface area contributed by atoms with Crippen LogP contribution >= 0.6 is 0 Å². The van der Waals surface area contributed by atoms with E-state index < -0.39 is 17.2 Å². The molecule has 3 N–H and O–H groups in total. The highest BCUT2D eigenvalue weighted by Crippen LogP contribution is 2.27. The van der Waals surface area contributed by atoms with Crippen molar-refractivity contribution in [2.75, 3.05) is 30.4 Å². The van der Waals surface area contributed by atoms with Crippen LogP contribution < -0.4 is 26.6 Å². The Morgan fingerprint density at radius 3 is 2.69 bits per heavy atom. The maximum Gasteiger partial charge on any atom is 0.330 e. The monoisotopic (exact) mass is 490 g/mol. The van der Waals surface area contributed by atoms with E-state index in [2.05, 4.69) is 4.98 Å². The molecule has 1 amide bonds. The van der Waals surface area contributed by atoms with Gasteiger partial charge in [-0.3, -0.25) is 24.0 Å². The topological polar surface area (TPSA) is 120 Å². The summed E-state index contributed by atoms with van der Waals surface area (Å²) in [5.74, 6) is 0.0987. The van der Waals surface area contributed by atoms with Gasteiger partial charge in [-0.1, -0.05) is 36.4 Å². The summed E-state index contributed by atoms with van der Waals surface area (Å²) in [5.41, 5.74) is 8.35. The number of hydrogen-bond acceptors (Lipinski definition) is 6. The fourth-order valence-electron chi connectivity index (χ4n) is 4.93. The molecule has 1 aliphatic heterocycles. The molecular weight excluding hydrogens is 460 g/mol. The van der Waals surface area contributed by atoms with E-state index in [-0.39, 0.29) is 37.3 Å². The first kappa shape index (κ1) is 23.9. The maximum atomic E-state index is 13.4. The van der Waals surface area contributed by atoms with Crippen LogP contribution in [0.5, 0.6) is 5.75 Å². The van der Waals surface area contributed by atoms with Gasteiger partial charge in [0.15, 0.2) is 12.3 Å². The van der Waals surface area contributed by atoms with Gasteiger partial charge in [-0.2, -0.15) is 0 Å². The number of aromatic amines is 1. The number of carbonyl (C=O) groups is 1. The average molecular weight is 491 g/mol. The van der Waals surface area contributed by atoms with E-state index in [1.807, 2.05) is 48.5 Å². The molecule has 5 rings (SSSR count). The number of hydrogen-bond donors (Lipinski definition) is 2. The Morgan fingerprint density at radius 2 is 1.92 bits per heavy atom. The quantitative estimate of drug-likeness (QED) is 0.500. The number of ether oxygens (including phenoxy) is 2. The van der Waals surface area contributed by atoms with E-state index >= 15 is 0 Å². The smallest absolute Gasteiger partial charge is 0.330 e. The van der Waals surface area contributed by atoms with E-state index in [1.54, 1.807) is 0 Å². The van der Waals surface area contributed by atoms with Crippen LogP contribution in [0.15, 0.2) is 58.1 Å². The summed E-state index contributed by atoms with van der Waals surface area (Å²) in [5, 5.41) is 0. The standard InChI is InChI=1S/C27H30N4O5/c28-25-24(26(33)29-27(34)31(25)15-18-6-2-1-3-7-18)30(16-22-10-5-13-35-22)23(32)17-36-21-12-11-19-8-4-9-20(19)14-21/h1-3,6-7,11-12,14,22H,4-5,8-10,13,15-17,28H2,(H,29,33,34)/t22-/m1/s1. The number of anilines is 2. The molecule has 36 heavy (non-hydrogen) atoms. The Morgan fingerprint density at radius 1 is 1.11 bits per heavy atom. The molecule has 1 aliphatic carbocycles. The molecular formula is C27H30N4O5. The van der Waals surface area contributed by atoms with Gasteiger partial charge < -0.3 is 15.2 Å². The predicted molar refractivity (Wildman–Crippen MR) is 137 cm³/mol. The minimum atomic E-state index is -0.717. The summed E-state index contributed by atoms with van der Waals surface area (Å²) in [6.07, 6.45) is 4.58. The summed E-state index contributed by atoms with van der Waals surface area (Å²) in [6, 6.07) is 15.2. The molecule has 1 atom stereocenters. The Labute approximate surface area is 208 Å². The molecule has 2 aromatic carbocycles. The lowest BCUT2D eigenvalue weighted by atomic mass is 10.1. The van der Waals surface area contributed by atoms with Crippen molar-refractivity contribution < 1.29 is 14.3 Å². The van der Waals surface area contributed by atoms with Crippen LogP contribution in [0.2, 0.25) is 0 Å². The molecule has 0 unspecified atom stereocenters. The SMILES string of the molecule is Nc1c(N(C[C@H]2CCCO2)C(=O)COc2ccc3c(c2)CCC3)c(=O)[nH]c(=O)n1Cc1ccccc1. The van der Waals surface area contributed by atoms with Crippen molar-refractivity contribution in [2.45, 2.75) is 44.8 Å². The number of aromatic nitrogens is 2. The van der Waals surface area contributed by atoms with Crippen molar-refractivity contribution in [1.29, 1.82) is 0 Å². The molecule has 1 fully saturated rings. The Kier molecular flexibility index (Phi) is 6.90. The van der Waals surface area contributed by atoms with Crippen LogP contribution in [-0.4, -0.2) is 41.3 Å².